The maximum atomic E-state index is 0. The Balaban J connectivity index is 0. The van der Waals surface area contributed by atoms with Gasteiger partial charge in [0, 0.05) is 0 Å². The van der Waals surface area contributed by atoms with E-state index >= 15 is 0 Å². The standard InChI is InChI=1S/4BrH.GeH4/h4*1H;1H4. The summed E-state index contributed by atoms with van der Waals surface area (Å²) in [5, 5.41) is 0. The average molecular weight is 400 g/mol. The summed E-state index contributed by atoms with van der Waals surface area (Å²) in [6.07, 6.45) is 0. The Kier molecular flexibility index (Phi) is 327. The zero-order valence-electron chi connectivity index (χ0n) is 1.63. The Hall–Kier alpha value is 2.46. The molecule has 0 aromatic rings. The van der Waals surface area contributed by atoms with E-state index < -0.39 is 0 Å². The summed E-state index contributed by atoms with van der Waals surface area (Å²) in [6.45, 7) is 0. The second kappa shape index (κ2) is 31.8. The monoisotopic (exact) mass is 398 g/mol. The predicted molar refractivity (Wildman–Crippen MR) is 52.6 cm³/mol. The quantitative estimate of drug-likeness (QED) is 0.530. The van der Waals surface area contributed by atoms with Crippen molar-refractivity contribution in [1.29, 1.82) is 0 Å². The molecule has 0 aromatic heterocycles. The third-order valence-electron chi connectivity index (χ3n) is 0. The predicted octanol–water partition coefficient (Wildman–Crippen LogP) is 0.860. The molecule has 40 valence electrons. The van der Waals surface area contributed by atoms with E-state index in [9.17, 15) is 0 Å². The Bertz CT molecular complexity index is 3.61. The van der Waals surface area contributed by atoms with E-state index in [0.717, 1.165) is 0 Å². The molecule has 0 atom stereocenters. The van der Waals surface area contributed by atoms with E-state index in [1.807, 2.05) is 0 Å². The van der Waals surface area contributed by atoms with E-state index in [1.54, 1.807) is 0 Å². The van der Waals surface area contributed by atoms with Crippen molar-refractivity contribution in [2.75, 3.05) is 0 Å². The van der Waals surface area contributed by atoms with Gasteiger partial charge in [-0.15, -0.1) is 67.9 Å². The molecule has 0 radical (unpaired) electrons. The fraction of sp³-hybridized carbons (Fsp3) is 0. The molecule has 0 aromatic carbocycles. The van der Waals surface area contributed by atoms with Crippen LogP contribution in [0, 0.1) is 0 Å². The molecule has 0 amide bonds. The van der Waals surface area contributed by atoms with Gasteiger partial charge in [0.1, 0.15) is 0 Å². The zero-order valence-corrected chi connectivity index (χ0v) is 8.49. The fourth-order valence-corrected chi connectivity index (χ4v) is 0. The molecule has 0 bridgehead atoms. The van der Waals surface area contributed by atoms with Gasteiger partial charge in [-0.25, -0.2) is 0 Å². The van der Waals surface area contributed by atoms with Crippen LogP contribution in [0.3, 0.4) is 0 Å². The first kappa shape index (κ1) is 51.4. The molecule has 0 aliphatic carbocycles. The summed E-state index contributed by atoms with van der Waals surface area (Å²) in [4.78, 5) is 0. The van der Waals surface area contributed by atoms with Crippen molar-refractivity contribution in [3.63, 3.8) is 0 Å². The van der Waals surface area contributed by atoms with E-state index in [4.69, 9.17) is 0 Å². The van der Waals surface area contributed by atoms with Crippen molar-refractivity contribution < 1.29 is 0 Å². The van der Waals surface area contributed by atoms with Crippen molar-refractivity contribution in [2.24, 2.45) is 0 Å². The molecular weight excluding hydrogens is 392 g/mol. The molecule has 0 rings (SSSR count). The van der Waals surface area contributed by atoms with Crippen molar-refractivity contribution in [3.05, 3.63) is 0 Å². The minimum absolute atomic E-state index is 0. The van der Waals surface area contributed by atoms with Crippen LogP contribution >= 0.6 is 67.9 Å². The maximum absolute atomic E-state index is 0. The molecule has 0 heterocycles. The van der Waals surface area contributed by atoms with Gasteiger partial charge in [0.15, 0.2) is 0 Å². The summed E-state index contributed by atoms with van der Waals surface area (Å²) in [5.41, 5.74) is 0. The summed E-state index contributed by atoms with van der Waals surface area (Å²) < 4.78 is 0. The average Bonchev–Trinajstić information content (AvgIpc) is 0. The molecule has 5 heteroatoms. The summed E-state index contributed by atoms with van der Waals surface area (Å²) in [7, 11) is 0. The number of halogens is 4. The number of hydrogen-bond donors (Lipinski definition) is 0. The van der Waals surface area contributed by atoms with Gasteiger partial charge in [0.05, 0.1) is 0 Å². The van der Waals surface area contributed by atoms with E-state index in [2.05, 4.69) is 0 Å². The van der Waals surface area contributed by atoms with Crippen LogP contribution in [0.15, 0.2) is 0 Å². The first-order valence-electron chi connectivity index (χ1n) is 0. The molecule has 5 heavy (non-hydrogen) atoms. The third kappa shape index (κ3) is 21.2. The van der Waals surface area contributed by atoms with Gasteiger partial charge in [0.2, 0.25) is 0 Å². The van der Waals surface area contributed by atoms with Crippen LogP contribution in [-0.2, 0) is 0 Å². The topological polar surface area (TPSA) is 0 Å². The number of rotatable bonds is 0. The molecule has 0 unspecified atom stereocenters. The van der Waals surface area contributed by atoms with Gasteiger partial charge < -0.3 is 0 Å². The summed E-state index contributed by atoms with van der Waals surface area (Å²) in [6, 6.07) is 0. The summed E-state index contributed by atoms with van der Waals surface area (Å²) in [5.74, 6) is 0. The Labute approximate surface area is 84.5 Å². The van der Waals surface area contributed by atoms with Crippen LogP contribution in [0.25, 0.3) is 0 Å². The second-order valence-electron chi connectivity index (χ2n) is 0. The first-order chi connectivity index (χ1) is 0. The van der Waals surface area contributed by atoms with E-state index in [-0.39, 0.29) is 85.5 Å². The van der Waals surface area contributed by atoms with E-state index in [1.165, 1.54) is 0 Å². The van der Waals surface area contributed by atoms with Crippen molar-refractivity contribution in [1.82, 2.24) is 0 Å². The SMILES string of the molecule is Br.Br.Br.Br.[GeH4]. The minimum atomic E-state index is 0. The molecule has 0 fully saturated rings. The van der Waals surface area contributed by atoms with Crippen molar-refractivity contribution >= 4 is 85.5 Å². The van der Waals surface area contributed by atoms with E-state index in [0.29, 0.717) is 0 Å². The van der Waals surface area contributed by atoms with Crippen molar-refractivity contribution in [2.45, 2.75) is 0 Å². The molecule has 0 saturated heterocycles. The number of hydrogen-bond acceptors (Lipinski definition) is 0. The fourth-order valence-electron chi connectivity index (χ4n) is 0. The van der Waals surface area contributed by atoms with Crippen LogP contribution in [0.2, 0.25) is 0 Å². The van der Waals surface area contributed by atoms with Crippen LogP contribution in [0.1, 0.15) is 0 Å². The van der Waals surface area contributed by atoms with Gasteiger partial charge >= 0.3 is 17.6 Å². The molecule has 0 N–H and O–H groups in total. The van der Waals surface area contributed by atoms with Crippen LogP contribution in [-0.4, -0.2) is 17.6 Å². The van der Waals surface area contributed by atoms with Gasteiger partial charge in [-0.2, -0.15) is 0 Å². The Morgan fingerprint density at radius 1 is 0.400 bits per heavy atom. The van der Waals surface area contributed by atoms with Crippen LogP contribution in [0.5, 0.6) is 0 Å². The normalized spacial score (nSPS) is 0. The molecule has 0 aliphatic rings. The van der Waals surface area contributed by atoms with Crippen molar-refractivity contribution in [3.8, 4) is 0 Å². The first-order valence-corrected chi connectivity index (χ1v) is 0. The summed E-state index contributed by atoms with van der Waals surface area (Å²) >= 11 is 0. The molecule has 0 aliphatic heterocycles. The Morgan fingerprint density at radius 3 is 0.400 bits per heavy atom. The molecular formula is H8Br4Ge. The van der Waals surface area contributed by atoms with Gasteiger partial charge in [0.25, 0.3) is 0 Å². The van der Waals surface area contributed by atoms with Gasteiger partial charge in [-0.05, 0) is 0 Å². The molecule has 0 saturated carbocycles. The Morgan fingerprint density at radius 2 is 0.400 bits per heavy atom. The zero-order chi connectivity index (χ0) is 0. The third-order valence-corrected chi connectivity index (χ3v) is 0. The molecule has 0 nitrogen and oxygen atoms in total. The van der Waals surface area contributed by atoms with Crippen LogP contribution < -0.4 is 0 Å². The van der Waals surface area contributed by atoms with Gasteiger partial charge in [-0.3, -0.25) is 0 Å². The van der Waals surface area contributed by atoms with Crippen LogP contribution in [0.4, 0.5) is 0 Å². The van der Waals surface area contributed by atoms with Gasteiger partial charge in [-0.1, -0.05) is 0 Å². The molecule has 0 spiro atoms. The second-order valence-corrected chi connectivity index (χ2v) is 0.